The van der Waals surface area contributed by atoms with Gasteiger partial charge in [0.2, 0.25) is 0 Å². The molecular formula is C15H14FNO5S. The molecule has 0 atom stereocenters. The monoisotopic (exact) mass is 339 g/mol. The van der Waals surface area contributed by atoms with E-state index in [0.717, 1.165) is 12.1 Å². The first kappa shape index (κ1) is 16.8. The van der Waals surface area contributed by atoms with Crippen molar-refractivity contribution in [3.8, 4) is 5.75 Å². The number of anilines is 1. The topological polar surface area (TPSA) is 81.7 Å². The molecule has 0 aromatic heterocycles. The fourth-order valence-corrected chi connectivity index (χ4v) is 3.18. The van der Waals surface area contributed by atoms with Crippen LogP contribution in [0.15, 0.2) is 47.4 Å². The van der Waals surface area contributed by atoms with E-state index in [1.807, 2.05) is 0 Å². The van der Waals surface area contributed by atoms with Crippen LogP contribution in [0, 0.1) is 5.82 Å². The van der Waals surface area contributed by atoms with Gasteiger partial charge in [-0.2, -0.15) is 0 Å². The van der Waals surface area contributed by atoms with Crippen molar-refractivity contribution in [1.29, 1.82) is 0 Å². The van der Waals surface area contributed by atoms with Crippen molar-refractivity contribution in [2.24, 2.45) is 0 Å². The van der Waals surface area contributed by atoms with E-state index in [1.54, 1.807) is 12.1 Å². The lowest BCUT2D eigenvalue weighted by Gasteiger charge is -2.13. The van der Waals surface area contributed by atoms with Gasteiger partial charge in [0.25, 0.3) is 10.0 Å². The van der Waals surface area contributed by atoms with Crippen molar-refractivity contribution >= 4 is 21.7 Å². The summed E-state index contributed by atoms with van der Waals surface area (Å²) in [6.07, 6.45) is 0. The number of carbonyl (C=O) groups excluding carboxylic acids is 1. The number of sulfonamides is 1. The summed E-state index contributed by atoms with van der Waals surface area (Å²) in [4.78, 5) is 11.3. The maximum absolute atomic E-state index is 13.4. The highest BCUT2D eigenvalue weighted by molar-refractivity contribution is 7.92. The zero-order chi connectivity index (χ0) is 17.0. The van der Waals surface area contributed by atoms with Crippen LogP contribution in [0.1, 0.15) is 10.4 Å². The molecule has 0 radical (unpaired) electrons. The Morgan fingerprint density at radius 1 is 1.13 bits per heavy atom. The smallest absolute Gasteiger partial charge is 0.339 e. The van der Waals surface area contributed by atoms with Gasteiger partial charge in [-0.1, -0.05) is 12.1 Å². The van der Waals surface area contributed by atoms with Crippen LogP contribution in [0.25, 0.3) is 0 Å². The molecule has 0 saturated heterocycles. The van der Waals surface area contributed by atoms with Gasteiger partial charge in [0.05, 0.1) is 25.5 Å². The van der Waals surface area contributed by atoms with Crippen LogP contribution >= 0.6 is 0 Å². The molecule has 0 saturated carbocycles. The number of rotatable bonds is 5. The molecule has 0 aliphatic heterocycles. The largest absolute Gasteiger partial charge is 0.495 e. The number of carbonyl (C=O) groups is 1. The maximum Gasteiger partial charge on any atom is 0.339 e. The number of nitrogens with one attached hydrogen (secondary N) is 1. The van der Waals surface area contributed by atoms with E-state index in [4.69, 9.17) is 4.74 Å². The summed E-state index contributed by atoms with van der Waals surface area (Å²) >= 11 is 0. The Morgan fingerprint density at radius 2 is 1.83 bits per heavy atom. The molecule has 0 aliphatic rings. The van der Waals surface area contributed by atoms with Crippen LogP contribution in [-0.4, -0.2) is 28.6 Å². The van der Waals surface area contributed by atoms with Gasteiger partial charge in [-0.15, -0.1) is 0 Å². The number of ether oxygens (including phenoxy) is 2. The summed E-state index contributed by atoms with van der Waals surface area (Å²) in [6.45, 7) is 0. The van der Waals surface area contributed by atoms with Gasteiger partial charge in [-0.25, -0.2) is 17.6 Å². The fraction of sp³-hybridized carbons (Fsp3) is 0.133. The SMILES string of the molecule is COC(=O)c1ccccc1NS(=O)(=O)c1cc(F)ccc1OC. The minimum Gasteiger partial charge on any atom is -0.495 e. The standard InChI is InChI=1S/C15H14FNO5S/c1-21-13-8-7-10(16)9-14(13)23(19,20)17-12-6-4-3-5-11(12)15(18)22-2/h3-9,17H,1-2H3. The summed E-state index contributed by atoms with van der Waals surface area (Å²) in [5.41, 5.74) is 0.0552. The minimum absolute atomic E-state index is 0.0190. The van der Waals surface area contributed by atoms with Crippen LogP contribution in [0.4, 0.5) is 10.1 Å². The lowest BCUT2D eigenvalue weighted by Crippen LogP contribution is -2.17. The summed E-state index contributed by atoms with van der Waals surface area (Å²) in [6, 6.07) is 9.04. The first-order valence-corrected chi connectivity index (χ1v) is 7.91. The van der Waals surface area contributed by atoms with Crippen LogP contribution in [0.5, 0.6) is 5.75 Å². The quantitative estimate of drug-likeness (QED) is 0.846. The predicted octanol–water partition coefficient (Wildman–Crippen LogP) is 2.42. The first-order chi connectivity index (χ1) is 10.9. The molecule has 0 unspecified atom stereocenters. The molecule has 23 heavy (non-hydrogen) atoms. The molecular weight excluding hydrogens is 325 g/mol. The van der Waals surface area contributed by atoms with Crippen molar-refractivity contribution in [3.05, 3.63) is 53.8 Å². The Hall–Kier alpha value is -2.61. The third-order valence-electron chi connectivity index (χ3n) is 2.99. The summed E-state index contributed by atoms with van der Waals surface area (Å²) < 4.78 is 50.2. The molecule has 0 spiro atoms. The predicted molar refractivity (Wildman–Crippen MR) is 81.5 cm³/mol. The van der Waals surface area contributed by atoms with E-state index in [0.29, 0.717) is 0 Å². The average Bonchev–Trinajstić information content (AvgIpc) is 2.54. The van der Waals surface area contributed by atoms with E-state index in [-0.39, 0.29) is 21.9 Å². The third kappa shape index (κ3) is 3.59. The summed E-state index contributed by atoms with van der Waals surface area (Å²) in [5.74, 6) is -1.45. The van der Waals surface area contributed by atoms with E-state index < -0.39 is 21.8 Å². The molecule has 2 aromatic rings. The van der Waals surface area contributed by atoms with Crippen molar-refractivity contribution in [1.82, 2.24) is 0 Å². The van der Waals surface area contributed by atoms with Crippen molar-refractivity contribution in [2.75, 3.05) is 18.9 Å². The van der Waals surface area contributed by atoms with Gasteiger partial charge in [-0.05, 0) is 30.3 Å². The van der Waals surface area contributed by atoms with E-state index in [2.05, 4.69) is 9.46 Å². The molecule has 0 fully saturated rings. The molecule has 0 aliphatic carbocycles. The highest BCUT2D eigenvalue weighted by atomic mass is 32.2. The van der Waals surface area contributed by atoms with Gasteiger partial charge in [0.1, 0.15) is 16.5 Å². The summed E-state index contributed by atoms with van der Waals surface area (Å²) in [5, 5.41) is 0. The highest BCUT2D eigenvalue weighted by Gasteiger charge is 2.23. The molecule has 0 amide bonds. The van der Waals surface area contributed by atoms with Crippen molar-refractivity contribution in [2.45, 2.75) is 4.90 Å². The highest BCUT2D eigenvalue weighted by Crippen LogP contribution is 2.27. The van der Waals surface area contributed by atoms with Crippen LogP contribution in [-0.2, 0) is 14.8 Å². The van der Waals surface area contributed by atoms with E-state index >= 15 is 0 Å². The zero-order valence-corrected chi connectivity index (χ0v) is 13.2. The number of para-hydroxylation sites is 1. The lowest BCUT2D eigenvalue weighted by atomic mass is 10.2. The molecule has 2 aromatic carbocycles. The number of hydrogen-bond donors (Lipinski definition) is 1. The van der Waals surface area contributed by atoms with E-state index in [9.17, 15) is 17.6 Å². The van der Waals surface area contributed by atoms with Gasteiger partial charge in [-0.3, -0.25) is 4.72 Å². The first-order valence-electron chi connectivity index (χ1n) is 6.42. The molecule has 0 bridgehead atoms. The number of esters is 1. The van der Waals surface area contributed by atoms with Crippen molar-refractivity contribution < 1.29 is 27.1 Å². The molecule has 8 heteroatoms. The Morgan fingerprint density at radius 3 is 2.48 bits per heavy atom. The Labute approximate surface area is 132 Å². The zero-order valence-electron chi connectivity index (χ0n) is 12.4. The normalized spacial score (nSPS) is 10.9. The third-order valence-corrected chi connectivity index (χ3v) is 4.38. The van der Waals surface area contributed by atoms with Crippen molar-refractivity contribution in [3.63, 3.8) is 0 Å². The number of benzene rings is 2. The second kappa shape index (κ2) is 6.66. The molecule has 6 nitrogen and oxygen atoms in total. The van der Waals surface area contributed by atoms with Crippen LogP contribution in [0.3, 0.4) is 0 Å². The number of hydrogen-bond acceptors (Lipinski definition) is 5. The van der Waals surface area contributed by atoms with Gasteiger partial charge < -0.3 is 9.47 Å². The Bertz CT molecular complexity index is 836. The summed E-state index contributed by atoms with van der Waals surface area (Å²) in [7, 11) is -1.71. The second-order valence-electron chi connectivity index (χ2n) is 4.44. The maximum atomic E-state index is 13.4. The van der Waals surface area contributed by atoms with Gasteiger partial charge >= 0.3 is 5.97 Å². The second-order valence-corrected chi connectivity index (χ2v) is 6.09. The van der Waals surface area contributed by atoms with Gasteiger partial charge in [0, 0.05) is 0 Å². The molecule has 2 rings (SSSR count). The Balaban J connectivity index is 2.48. The lowest BCUT2D eigenvalue weighted by molar-refractivity contribution is 0.0602. The van der Waals surface area contributed by atoms with Gasteiger partial charge in [0.15, 0.2) is 0 Å². The molecule has 0 heterocycles. The van der Waals surface area contributed by atoms with Crippen LogP contribution < -0.4 is 9.46 Å². The fourth-order valence-electron chi connectivity index (χ4n) is 1.92. The van der Waals surface area contributed by atoms with E-state index in [1.165, 1.54) is 32.4 Å². The molecule has 122 valence electrons. The Kier molecular flexibility index (Phi) is 4.85. The minimum atomic E-state index is -4.17. The molecule has 1 N–H and O–H groups in total. The number of halogens is 1. The average molecular weight is 339 g/mol. The van der Waals surface area contributed by atoms with Crippen LogP contribution in [0.2, 0.25) is 0 Å². The number of methoxy groups -OCH3 is 2.